The summed E-state index contributed by atoms with van der Waals surface area (Å²) in [5, 5.41) is 0. The molecule has 0 aliphatic heterocycles. The van der Waals surface area contributed by atoms with Crippen molar-refractivity contribution >= 4 is 0 Å². The lowest BCUT2D eigenvalue weighted by molar-refractivity contribution is -0.606. The van der Waals surface area contributed by atoms with Gasteiger partial charge in [-0.3, -0.25) is 0 Å². The first-order valence-electron chi connectivity index (χ1n) is 13.6. The van der Waals surface area contributed by atoms with Crippen LogP contribution < -0.4 is 0 Å². The molecule has 0 nitrogen and oxygen atoms in total. The van der Waals surface area contributed by atoms with E-state index in [-0.39, 0.29) is 0 Å². The van der Waals surface area contributed by atoms with Gasteiger partial charge in [-0.05, 0) is 89.2 Å². The lowest BCUT2D eigenvalue weighted by atomic mass is 8.96. The quantitative estimate of drug-likeness (QED) is 0.367. The zero-order valence-electron chi connectivity index (χ0n) is 23.4. The van der Waals surface area contributed by atoms with Gasteiger partial charge in [0, 0.05) is 0 Å². The van der Waals surface area contributed by atoms with Crippen LogP contribution in [0.2, 0.25) is 0 Å². The minimum Gasteiger partial charge on any atom is -0.0616 e. The molecule has 1 spiro atoms. The Labute approximate surface area is 193 Å². The molecule has 0 heteroatoms. The Balaban J connectivity index is 1.80. The van der Waals surface area contributed by atoms with Crippen molar-refractivity contribution in [1.29, 1.82) is 0 Å². The SMILES string of the molecule is CC1C23CC4(C)C(C)(C)C5(C)C6(C)C(C)(C)C(C)(C2C(C)C2(C)C1(C)C5(C)C26C)C34C. The van der Waals surface area contributed by atoms with Crippen molar-refractivity contribution in [1.82, 2.24) is 0 Å². The van der Waals surface area contributed by atoms with Crippen LogP contribution in [0.3, 0.4) is 0 Å². The highest BCUT2D eigenvalue weighted by molar-refractivity contribution is 5.59. The summed E-state index contributed by atoms with van der Waals surface area (Å²) >= 11 is 0. The third-order valence-corrected chi connectivity index (χ3v) is 20.3. The monoisotopic (exact) mass is 422 g/mol. The second-order valence-corrected chi connectivity index (χ2v) is 17.0. The van der Waals surface area contributed by atoms with Crippen molar-refractivity contribution in [3.63, 3.8) is 0 Å². The normalized spacial score (nSPS) is 80.8. The van der Waals surface area contributed by atoms with Crippen LogP contribution in [0.15, 0.2) is 0 Å². The molecule has 13 unspecified atom stereocenters. The smallest absolute Gasteiger partial charge is 0.0134 e. The average Bonchev–Trinajstić information content (AvgIpc) is 2.70. The van der Waals surface area contributed by atoms with E-state index in [1.165, 1.54) is 6.42 Å². The Kier molecular flexibility index (Phi) is 2.47. The van der Waals surface area contributed by atoms with Crippen molar-refractivity contribution in [3.8, 4) is 0 Å². The fraction of sp³-hybridized carbons (Fsp3) is 1.00. The predicted octanol–water partition coefficient (Wildman–Crippen LogP) is 8.46. The third-order valence-electron chi connectivity index (χ3n) is 20.3. The Hall–Kier alpha value is 0. The zero-order valence-corrected chi connectivity index (χ0v) is 23.4. The molecule has 31 heavy (non-hydrogen) atoms. The fourth-order valence-electron chi connectivity index (χ4n) is 18.5. The van der Waals surface area contributed by atoms with E-state index in [0.29, 0.717) is 65.0 Å². The summed E-state index contributed by atoms with van der Waals surface area (Å²) in [6.45, 7) is 41.8. The fourth-order valence-corrected chi connectivity index (χ4v) is 18.5. The molecule has 13 atom stereocenters. The maximum absolute atomic E-state index is 2.82. The topological polar surface area (TPSA) is 0 Å². The molecule has 7 aliphatic rings. The number of hydrogen-bond donors (Lipinski definition) is 0. The van der Waals surface area contributed by atoms with Gasteiger partial charge in [-0.25, -0.2) is 0 Å². The molecule has 7 rings (SSSR count). The molecule has 7 aliphatic carbocycles. The predicted molar refractivity (Wildman–Crippen MR) is 129 cm³/mol. The van der Waals surface area contributed by atoms with Gasteiger partial charge >= 0.3 is 0 Å². The van der Waals surface area contributed by atoms with Crippen molar-refractivity contribution in [3.05, 3.63) is 0 Å². The van der Waals surface area contributed by atoms with E-state index >= 15 is 0 Å². The second-order valence-electron chi connectivity index (χ2n) is 17.0. The zero-order chi connectivity index (χ0) is 23.4. The first kappa shape index (κ1) is 20.4. The van der Waals surface area contributed by atoms with Crippen molar-refractivity contribution in [2.45, 2.75) is 110 Å². The van der Waals surface area contributed by atoms with Crippen LogP contribution in [0, 0.1) is 82.7 Å². The van der Waals surface area contributed by atoms with Gasteiger partial charge in [0.2, 0.25) is 0 Å². The molecule has 0 N–H and O–H groups in total. The summed E-state index contributed by atoms with van der Waals surface area (Å²) in [6, 6.07) is 0. The van der Waals surface area contributed by atoms with Gasteiger partial charge in [0.15, 0.2) is 0 Å². The molecule has 7 saturated carbocycles. The largest absolute Gasteiger partial charge is 0.0616 e. The van der Waals surface area contributed by atoms with E-state index < -0.39 is 0 Å². The van der Waals surface area contributed by atoms with E-state index in [9.17, 15) is 0 Å². The molecule has 4 bridgehead atoms. The van der Waals surface area contributed by atoms with Gasteiger partial charge in [0.1, 0.15) is 0 Å². The van der Waals surface area contributed by atoms with Crippen LogP contribution in [-0.4, -0.2) is 0 Å². The van der Waals surface area contributed by atoms with E-state index in [2.05, 4.69) is 104 Å². The van der Waals surface area contributed by atoms with Crippen LogP contribution >= 0.6 is 0 Å². The summed E-state index contributed by atoms with van der Waals surface area (Å²) in [7, 11) is 0. The molecule has 0 aromatic rings. The molecule has 0 saturated heterocycles. The van der Waals surface area contributed by atoms with Crippen LogP contribution in [0.1, 0.15) is 110 Å². The molecule has 0 aromatic heterocycles. The van der Waals surface area contributed by atoms with Gasteiger partial charge in [-0.1, -0.05) is 104 Å². The Morgan fingerprint density at radius 1 is 0.484 bits per heavy atom. The Morgan fingerprint density at radius 2 is 0.935 bits per heavy atom. The Bertz CT molecular complexity index is 1030. The summed E-state index contributed by atoms with van der Waals surface area (Å²) in [4.78, 5) is 0. The van der Waals surface area contributed by atoms with Crippen LogP contribution in [0.4, 0.5) is 0 Å². The summed E-state index contributed by atoms with van der Waals surface area (Å²) in [6.07, 6.45) is 1.48. The number of fused-ring (bicyclic) bond motifs is 2. The third kappa shape index (κ3) is 0.854. The maximum Gasteiger partial charge on any atom is -0.0134 e. The molecule has 174 valence electrons. The number of hydrogen-bond acceptors (Lipinski definition) is 0. The van der Waals surface area contributed by atoms with E-state index in [0.717, 1.165) is 17.8 Å². The van der Waals surface area contributed by atoms with E-state index in [1.54, 1.807) is 0 Å². The van der Waals surface area contributed by atoms with Gasteiger partial charge in [0.25, 0.3) is 0 Å². The summed E-state index contributed by atoms with van der Waals surface area (Å²) in [5.41, 5.74) is 4.70. The van der Waals surface area contributed by atoms with Gasteiger partial charge in [-0.15, -0.1) is 0 Å². The highest BCUT2D eigenvalue weighted by Gasteiger charge is 3.13. The maximum atomic E-state index is 2.82. The van der Waals surface area contributed by atoms with E-state index in [4.69, 9.17) is 0 Å². The average molecular weight is 423 g/mol. The highest BCUT2D eigenvalue weighted by atomic mass is 15.2. The Morgan fingerprint density at radius 3 is 1.45 bits per heavy atom. The van der Waals surface area contributed by atoms with Crippen molar-refractivity contribution < 1.29 is 0 Å². The summed E-state index contributed by atoms with van der Waals surface area (Å²) in [5.74, 6) is 2.52. The van der Waals surface area contributed by atoms with E-state index in [1.807, 2.05) is 0 Å². The molecule has 7 fully saturated rings. The van der Waals surface area contributed by atoms with Gasteiger partial charge in [-0.2, -0.15) is 0 Å². The van der Waals surface area contributed by atoms with Crippen molar-refractivity contribution in [2.24, 2.45) is 82.7 Å². The van der Waals surface area contributed by atoms with Crippen LogP contribution in [0.5, 0.6) is 0 Å². The van der Waals surface area contributed by atoms with Crippen LogP contribution in [-0.2, 0) is 0 Å². The number of rotatable bonds is 0. The molecule has 0 amide bonds. The molecular weight excluding hydrogens is 372 g/mol. The lowest BCUT2D eigenvalue weighted by Gasteiger charge is -3.07. The van der Waals surface area contributed by atoms with Crippen molar-refractivity contribution in [2.75, 3.05) is 0 Å². The van der Waals surface area contributed by atoms with Gasteiger partial charge < -0.3 is 0 Å². The molecule has 0 aromatic carbocycles. The molecular formula is C31H50. The highest BCUT2D eigenvalue weighted by Crippen LogP contribution is 3.16. The lowest BCUT2D eigenvalue weighted by Crippen LogP contribution is -3.03. The summed E-state index contributed by atoms with van der Waals surface area (Å²) < 4.78 is 0. The van der Waals surface area contributed by atoms with Crippen LogP contribution in [0.25, 0.3) is 0 Å². The first-order valence-corrected chi connectivity index (χ1v) is 13.6. The minimum atomic E-state index is 0.318. The minimum absolute atomic E-state index is 0.318. The standard InChI is InChI=1S/C31H50/c1-17-19-25(10)21(5,6)27(12)26(11)20(3,4)22(7)16-31(19,28(22,25)13)18(2)24(9)23(17,8)29(27,14)30(24,26)15/h17-19H,16H2,1-15H3. The molecule has 0 radical (unpaired) electrons. The van der Waals surface area contributed by atoms with Gasteiger partial charge in [0.05, 0.1) is 0 Å². The molecule has 0 heterocycles. The first-order chi connectivity index (χ1) is 13.6. The second kappa shape index (κ2) is 3.75.